The van der Waals surface area contributed by atoms with Gasteiger partial charge in [0.15, 0.2) is 0 Å². The molecule has 2 N–H and O–H groups in total. The molecule has 0 unspecified atom stereocenters. The second-order valence-electron chi connectivity index (χ2n) is 7.57. The number of hydrogen-bond acceptors (Lipinski definition) is 8. The van der Waals surface area contributed by atoms with Gasteiger partial charge in [-0.15, -0.1) is 0 Å². The van der Waals surface area contributed by atoms with Crippen molar-refractivity contribution in [2.45, 2.75) is 22.6 Å². The summed E-state index contributed by atoms with van der Waals surface area (Å²) in [6.45, 7) is 0. The Morgan fingerprint density at radius 2 is 1.00 bits per heavy atom. The average molecular weight is 553 g/mol. The van der Waals surface area contributed by atoms with Crippen LogP contribution in [0.5, 0.6) is 0 Å². The van der Waals surface area contributed by atoms with Gasteiger partial charge in [-0.05, 0) is 83.9 Å². The summed E-state index contributed by atoms with van der Waals surface area (Å²) >= 11 is 1.73. The molecule has 38 heavy (non-hydrogen) atoms. The monoisotopic (exact) mass is 552 g/mol. The predicted molar refractivity (Wildman–Crippen MR) is 143 cm³/mol. The number of thioether (sulfide) groups is 2. The first-order valence-electron chi connectivity index (χ1n) is 10.9. The fraction of sp³-hybridized carbons (Fsp3) is 0.0769. The van der Waals surface area contributed by atoms with Crippen LogP contribution < -0.4 is 0 Å². The fourth-order valence-electron chi connectivity index (χ4n) is 3.46. The van der Waals surface area contributed by atoms with Crippen LogP contribution in [0.25, 0.3) is 0 Å². The largest absolute Gasteiger partial charge is 0.478 e. The number of carboxylic acids is 2. The number of carbonyl (C=O) groups is 2. The van der Waals surface area contributed by atoms with Crippen LogP contribution in [0, 0.1) is 20.2 Å². The van der Waals surface area contributed by atoms with Crippen LogP contribution in [0.4, 0.5) is 0 Å². The summed E-state index contributed by atoms with van der Waals surface area (Å²) in [7, 11) is 0. The minimum Gasteiger partial charge on any atom is -0.478 e. The SMILES string of the molecule is O=C(O)c1ccc(C(=O)O)c(CC=C(Sc2ccccc2)[N+](=O)[O-])c1CC=C(Sc1ccccc1)[N+](=O)[O-]. The van der Waals surface area contributed by atoms with Crippen molar-refractivity contribution in [2.75, 3.05) is 0 Å². The third kappa shape index (κ3) is 7.54. The Hall–Kier alpha value is -4.42. The van der Waals surface area contributed by atoms with Crippen molar-refractivity contribution in [3.63, 3.8) is 0 Å². The molecule has 0 spiro atoms. The summed E-state index contributed by atoms with van der Waals surface area (Å²) in [6.07, 6.45) is 1.88. The molecule has 0 radical (unpaired) electrons. The van der Waals surface area contributed by atoms with Crippen molar-refractivity contribution in [1.82, 2.24) is 0 Å². The summed E-state index contributed by atoms with van der Waals surface area (Å²) in [5.74, 6) is -2.72. The van der Waals surface area contributed by atoms with Crippen molar-refractivity contribution in [2.24, 2.45) is 0 Å². The third-order valence-corrected chi connectivity index (χ3v) is 7.21. The van der Waals surface area contributed by atoms with Gasteiger partial charge in [-0.1, -0.05) is 36.4 Å². The Bertz CT molecular complexity index is 1320. The lowest BCUT2D eigenvalue weighted by Crippen LogP contribution is -2.12. The van der Waals surface area contributed by atoms with E-state index in [1.807, 2.05) is 0 Å². The summed E-state index contributed by atoms with van der Waals surface area (Å²) in [4.78, 5) is 47.3. The quantitative estimate of drug-likeness (QED) is 0.155. The Kier molecular flexibility index (Phi) is 9.79. The maximum absolute atomic E-state index is 12.0. The Morgan fingerprint density at radius 3 is 1.29 bits per heavy atom. The molecule has 0 aliphatic rings. The molecule has 0 aliphatic heterocycles. The van der Waals surface area contributed by atoms with Crippen LogP contribution in [0.3, 0.4) is 0 Å². The maximum Gasteiger partial charge on any atom is 0.335 e. The molecule has 3 aromatic rings. The number of allylic oxidation sites excluding steroid dienone is 2. The molecule has 0 saturated heterocycles. The Labute approximate surface area is 225 Å². The number of aromatic carboxylic acids is 2. The molecule has 0 atom stereocenters. The van der Waals surface area contributed by atoms with Gasteiger partial charge in [0.1, 0.15) is 0 Å². The van der Waals surface area contributed by atoms with Crippen molar-refractivity contribution in [1.29, 1.82) is 0 Å². The molecule has 3 aromatic carbocycles. The van der Waals surface area contributed by atoms with Gasteiger partial charge in [-0.2, -0.15) is 0 Å². The molecule has 0 saturated carbocycles. The van der Waals surface area contributed by atoms with E-state index in [2.05, 4.69) is 0 Å². The number of nitrogens with zero attached hydrogens (tertiary/aromatic N) is 2. The molecule has 194 valence electrons. The first kappa shape index (κ1) is 28.2. The van der Waals surface area contributed by atoms with E-state index in [4.69, 9.17) is 0 Å². The number of carboxylic acid groups (broad SMARTS) is 2. The molecule has 12 heteroatoms. The molecule has 10 nitrogen and oxygen atoms in total. The zero-order chi connectivity index (χ0) is 27.7. The molecule has 0 heterocycles. The predicted octanol–water partition coefficient (Wildman–Crippen LogP) is 5.99. The van der Waals surface area contributed by atoms with Gasteiger partial charge in [0.25, 0.3) is 0 Å². The summed E-state index contributed by atoms with van der Waals surface area (Å²) in [6, 6.07) is 19.3. The van der Waals surface area contributed by atoms with Crippen LogP contribution in [-0.4, -0.2) is 32.0 Å². The van der Waals surface area contributed by atoms with Crippen molar-refractivity contribution in [3.8, 4) is 0 Å². The first-order chi connectivity index (χ1) is 18.2. The maximum atomic E-state index is 12.0. The van der Waals surface area contributed by atoms with E-state index < -0.39 is 21.8 Å². The van der Waals surface area contributed by atoms with Crippen molar-refractivity contribution >= 4 is 35.5 Å². The second-order valence-corrected chi connectivity index (χ2v) is 9.75. The molecular weight excluding hydrogens is 532 g/mol. The smallest absolute Gasteiger partial charge is 0.335 e. The summed E-state index contributed by atoms with van der Waals surface area (Å²) in [5.41, 5.74) is -0.455. The molecular formula is C26H20N2O8S2. The standard InChI is InChI=1S/C26H20N2O8S2/c29-25(30)21-11-12-22(26(31)32)20(14-16-24(28(35)36)38-18-9-5-2-6-10-18)19(21)13-15-23(27(33)34)37-17-7-3-1-4-8-17/h1-12,15-16H,13-14H2,(H,29,30)(H,31,32). The Morgan fingerprint density at radius 1 is 0.658 bits per heavy atom. The normalized spacial score (nSPS) is 11.7. The average Bonchev–Trinajstić information content (AvgIpc) is 2.89. The number of nitro groups is 2. The minimum atomic E-state index is -1.36. The molecule has 3 rings (SSSR count). The van der Waals surface area contributed by atoms with E-state index >= 15 is 0 Å². The van der Waals surface area contributed by atoms with Crippen LogP contribution in [0.1, 0.15) is 31.8 Å². The van der Waals surface area contributed by atoms with E-state index in [-0.39, 0.29) is 45.2 Å². The molecule has 0 aliphatic carbocycles. The van der Waals surface area contributed by atoms with Crippen LogP contribution in [0.2, 0.25) is 0 Å². The topological polar surface area (TPSA) is 161 Å². The lowest BCUT2D eigenvalue weighted by atomic mass is 9.91. The van der Waals surface area contributed by atoms with Crippen LogP contribution in [0.15, 0.2) is 105 Å². The number of hydrogen-bond donors (Lipinski definition) is 2. The van der Waals surface area contributed by atoms with Gasteiger partial charge in [-0.25, -0.2) is 9.59 Å². The van der Waals surface area contributed by atoms with E-state index in [9.17, 15) is 40.0 Å². The third-order valence-electron chi connectivity index (χ3n) is 5.14. The van der Waals surface area contributed by atoms with Crippen molar-refractivity contribution < 1.29 is 29.6 Å². The van der Waals surface area contributed by atoms with Crippen LogP contribution >= 0.6 is 23.5 Å². The number of benzene rings is 3. The van der Waals surface area contributed by atoms with Crippen molar-refractivity contribution in [3.05, 3.63) is 137 Å². The minimum absolute atomic E-state index is 0.0223. The molecule has 0 bridgehead atoms. The molecule has 0 aromatic heterocycles. The molecule has 0 fully saturated rings. The molecule has 0 amide bonds. The number of rotatable bonds is 12. The van der Waals surface area contributed by atoms with E-state index in [1.54, 1.807) is 60.7 Å². The van der Waals surface area contributed by atoms with Gasteiger partial charge < -0.3 is 10.2 Å². The lowest BCUT2D eigenvalue weighted by molar-refractivity contribution is -0.410. The summed E-state index contributed by atoms with van der Waals surface area (Å²) < 4.78 is 0. The van der Waals surface area contributed by atoms with E-state index in [1.165, 1.54) is 12.2 Å². The van der Waals surface area contributed by atoms with Gasteiger partial charge in [0.2, 0.25) is 0 Å². The zero-order valence-corrected chi connectivity index (χ0v) is 21.2. The Balaban J connectivity index is 2.07. The second kappa shape index (κ2) is 13.2. The fourth-order valence-corrected chi connectivity index (χ4v) is 5.02. The first-order valence-corrected chi connectivity index (χ1v) is 12.6. The van der Waals surface area contributed by atoms with Gasteiger partial charge in [0.05, 0.1) is 21.0 Å². The van der Waals surface area contributed by atoms with E-state index in [0.717, 1.165) is 35.7 Å². The van der Waals surface area contributed by atoms with Gasteiger partial charge in [-0.3, -0.25) is 20.2 Å². The van der Waals surface area contributed by atoms with Gasteiger partial charge >= 0.3 is 22.0 Å². The summed E-state index contributed by atoms with van der Waals surface area (Å²) in [5, 5.41) is 42.3. The lowest BCUT2D eigenvalue weighted by Gasteiger charge is -2.13. The highest BCUT2D eigenvalue weighted by molar-refractivity contribution is 8.03. The van der Waals surface area contributed by atoms with E-state index in [0.29, 0.717) is 9.79 Å². The van der Waals surface area contributed by atoms with Gasteiger partial charge in [0, 0.05) is 21.9 Å². The zero-order valence-electron chi connectivity index (χ0n) is 19.6. The highest BCUT2D eigenvalue weighted by Gasteiger charge is 2.23. The van der Waals surface area contributed by atoms with Crippen LogP contribution in [-0.2, 0) is 12.8 Å². The highest BCUT2D eigenvalue weighted by Crippen LogP contribution is 2.31. The highest BCUT2D eigenvalue weighted by atomic mass is 32.2.